The number of carbonyl (C=O) groups excluding carboxylic acids is 2. The fourth-order valence-corrected chi connectivity index (χ4v) is 3.90. The number of nitrogens with zero attached hydrogens (tertiary/aromatic N) is 1. The van der Waals surface area contributed by atoms with Crippen molar-refractivity contribution in [3.05, 3.63) is 33.1 Å². The van der Waals surface area contributed by atoms with Crippen molar-refractivity contribution in [3.63, 3.8) is 0 Å². The minimum atomic E-state index is -4.67. The summed E-state index contributed by atoms with van der Waals surface area (Å²) in [4.78, 5) is 49.3. The summed E-state index contributed by atoms with van der Waals surface area (Å²) in [6, 6.07) is 0.962. The van der Waals surface area contributed by atoms with E-state index in [-0.39, 0.29) is 0 Å². The molecule has 0 aliphatic carbocycles. The first-order valence-electron chi connectivity index (χ1n) is 11.5. The molecule has 16 heteroatoms. The van der Waals surface area contributed by atoms with E-state index in [4.69, 9.17) is 27.8 Å². The molecule has 1 fully saturated rings. The Kier molecular flexibility index (Phi) is 9.84. The first-order valence-corrected chi connectivity index (χ1v) is 12.9. The molecule has 216 valence electrons. The lowest BCUT2D eigenvalue weighted by atomic mass is 9.98. The van der Waals surface area contributed by atoms with Gasteiger partial charge in [0, 0.05) is 12.3 Å². The zero-order valence-corrected chi connectivity index (χ0v) is 23.1. The van der Waals surface area contributed by atoms with Crippen molar-refractivity contribution in [2.24, 2.45) is 10.8 Å². The summed E-state index contributed by atoms with van der Waals surface area (Å²) in [5, 5.41) is 10.5. The highest BCUT2D eigenvalue weighted by Gasteiger charge is 2.54. The third kappa shape index (κ3) is 8.04. The Labute approximate surface area is 217 Å². The average Bonchev–Trinajstić information content (AvgIpc) is 3.01. The van der Waals surface area contributed by atoms with Gasteiger partial charge in [-0.05, 0) is 48.5 Å². The van der Waals surface area contributed by atoms with Crippen molar-refractivity contribution in [2.75, 3.05) is 20.2 Å². The summed E-state index contributed by atoms with van der Waals surface area (Å²) >= 11 is 0. The number of carbonyl (C=O) groups is 2. The lowest BCUT2D eigenvalue weighted by Gasteiger charge is -2.29. The number of aromatic nitrogens is 2. The second kappa shape index (κ2) is 11.8. The van der Waals surface area contributed by atoms with Gasteiger partial charge in [0.1, 0.15) is 11.7 Å². The predicted octanol–water partition coefficient (Wildman–Crippen LogP) is 1.77. The maximum atomic E-state index is 14.9. The van der Waals surface area contributed by atoms with Crippen LogP contribution in [0.3, 0.4) is 0 Å². The lowest BCUT2D eigenvalue weighted by molar-refractivity contribution is -0.164. The third-order valence-electron chi connectivity index (χ3n) is 5.25. The lowest BCUT2D eigenvalue weighted by Crippen LogP contribution is -2.43. The highest BCUT2D eigenvalue weighted by Crippen LogP contribution is 2.51. The SMILES string of the molecule is CC(C)(C)C(=O)OCOP(=O)(OCOC(=O)C(C)(C)C)OC[C@@]1(C)OC(n2ccc(=O)[nH]c2=O)[C@H](F)[C@@H]1O. The van der Waals surface area contributed by atoms with Crippen LogP contribution in [0.2, 0.25) is 0 Å². The number of halogens is 1. The number of nitrogens with one attached hydrogen (secondary N) is 1. The van der Waals surface area contributed by atoms with Gasteiger partial charge in [-0.1, -0.05) is 0 Å². The second-order valence-corrected chi connectivity index (χ2v) is 12.5. The molecule has 1 unspecified atom stereocenters. The van der Waals surface area contributed by atoms with Crippen LogP contribution in [0, 0.1) is 10.8 Å². The first kappa shape index (κ1) is 31.8. The molecule has 2 N–H and O–H groups in total. The molecule has 1 aromatic heterocycles. The molecular weight excluding hydrogens is 534 g/mol. The number of phosphoric acid groups is 1. The number of alkyl halides is 1. The quantitative estimate of drug-likeness (QED) is 0.237. The fourth-order valence-electron chi connectivity index (χ4n) is 2.90. The van der Waals surface area contributed by atoms with E-state index in [1.54, 1.807) is 41.5 Å². The van der Waals surface area contributed by atoms with E-state index in [1.807, 2.05) is 4.98 Å². The number of hydrogen-bond donors (Lipinski definition) is 2. The summed E-state index contributed by atoms with van der Waals surface area (Å²) in [5.41, 5.74) is -5.41. The van der Waals surface area contributed by atoms with Crippen LogP contribution < -0.4 is 11.2 Å². The molecular formula is C22H34FN2O12P. The van der Waals surface area contributed by atoms with Crippen LogP contribution in [0.25, 0.3) is 0 Å². The Balaban J connectivity index is 2.16. The van der Waals surface area contributed by atoms with Gasteiger partial charge in [-0.25, -0.2) is 22.8 Å². The van der Waals surface area contributed by atoms with Gasteiger partial charge in [0.25, 0.3) is 5.56 Å². The summed E-state index contributed by atoms with van der Waals surface area (Å²) in [7, 11) is -4.67. The van der Waals surface area contributed by atoms with Crippen molar-refractivity contribution in [2.45, 2.75) is 72.6 Å². The Morgan fingerprint density at radius 3 is 2.03 bits per heavy atom. The van der Waals surface area contributed by atoms with E-state index in [0.29, 0.717) is 0 Å². The molecule has 0 amide bonds. The van der Waals surface area contributed by atoms with Gasteiger partial charge in [0.15, 0.2) is 12.4 Å². The summed E-state index contributed by atoms with van der Waals surface area (Å²) in [6.07, 6.45) is -4.72. The molecule has 0 saturated carbocycles. The number of aromatic amines is 1. The predicted molar refractivity (Wildman–Crippen MR) is 127 cm³/mol. The highest BCUT2D eigenvalue weighted by molar-refractivity contribution is 7.48. The molecule has 0 aromatic carbocycles. The van der Waals surface area contributed by atoms with Crippen LogP contribution in [-0.4, -0.2) is 64.7 Å². The van der Waals surface area contributed by atoms with Crippen LogP contribution in [0.1, 0.15) is 54.7 Å². The molecule has 2 rings (SSSR count). The molecule has 38 heavy (non-hydrogen) atoms. The number of aliphatic hydroxyl groups excluding tert-OH is 1. The summed E-state index contributed by atoms with van der Waals surface area (Å²) in [5.74, 6) is -1.39. The molecule has 4 atom stereocenters. The van der Waals surface area contributed by atoms with Gasteiger partial charge in [0.05, 0.1) is 17.4 Å². The van der Waals surface area contributed by atoms with E-state index in [9.17, 15) is 33.2 Å². The number of hydrogen-bond acceptors (Lipinski definition) is 12. The standard InChI is InChI=1S/C22H34FN2O12P/c1-20(2,3)17(28)32-11-35-38(31,36-12-33-18(29)21(4,5)6)34-10-22(7)15(27)14(23)16(37-22)25-9-8-13(26)24-19(25)30/h8-9,14-16,27H,10-12H2,1-7H3,(H,24,26,30)/t14-,15+,16?,22-/m1/s1. The van der Waals surface area contributed by atoms with Gasteiger partial charge in [-0.3, -0.25) is 28.5 Å². The topological polar surface area (TPSA) is 182 Å². The molecule has 1 aliphatic rings. The normalized spacial score (nSPS) is 24.3. The highest BCUT2D eigenvalue weighted by atomic mass is 31.2. The third-order valence-corrected chi connectivity index (χ3v) is 6.54. The van der Waals surface area contributed by atoms with E-state index >= 15 is 0 Å². The van der Waals surface area contributed by atoms with Gasteiger partial charge in [-0.15, -0.1) is 0 Å². The fraction of sp³-hybridized carbons (Fsp3) is 0.727. The molecule has 14 nitrogen and oxygen atoms in total. The Morgan fingerprint density at radius 1 is 1.08 bits per heavy atom. The molecule has 1 aromatic rings. The zero-order chi connectivity index (χ0) is 29.1. The first-order chi connectivity index (χ1) is 17.3. The van der Waals surface area contributed by atoms with Crippen LogP contribution in [0.4, 0.5) is 4.39 Å². The Morgan fingerprint density at radius 2 is 1.58 bits per heavy atom. The number of rotatable bonds is 10. The Hall–Kier alpha value is -2.42. The van der Waals surface area contributed by atoms with Gasteiger partial charge in [0.2, 0.25) is 13.6 Å². The van der Waals surface area contributed by atoms with Crippen molar-refractivity contribution >= 4 is 19.8 Å². The van der Waals surface area contributed by atoms with Gasteiger partial charge < -0.3 is 19.3 Å². The van der Waals surface area contributed by atoms with Crippen molar-refractivity contribution in [3.8, 4) is 0 Å². The molecule has 1 saturated heterocycles. The molecule has 0 radical (unpaired) electrons. The van der Waals surface area contributed by atoms with Crippen LogP contribution >= 0.6 is 7.82 Å². The van der Waals surface area contributed by atoms with Crippen molar-refractivity contribution in [1.82, 2.24) is 9.55 Å². The summed E-state index contributed by atoms with van der Waals surface area (Å²) < 4.78 is 59.5. The molecule has 0 bridgehead atoms. The minimum absolute atomic E-state index is 0.695. The van der Waals surface area contributed by atoms with Crippen molar-refractivity contribution < 1.29 is 51.4 Å². The van der Waals surface area contributed by atoms with Gasteiger partial charge in [-0.2, -0.15) is 0 Å². The van der Waals surface area contributed by atoms with Crippen molar-refractivity contribution in [1.29, 1.82) is 0 Å². The zero-order valence-electron chi connectivity index (χ0n) is 22.2. The maximum absolute atomic E-state index is 14.9. The van der Waals surface area contributed by atoms with E-state index in [0.717, 1.165) is 16.8 Å². The number of H-pyrrole nitrogens is 1. The van der Waals surface area contributed by atoms with Crippen LogP contribution in [-0.2, 0) is 41.9 Å². The Bertz CT molecular complexity index is 1130. The van der Waals surface area contributed by atoms with E-state index in [2.05, 4.69) is 0 Å². The number of esters is 2. The largest absolute Gasteiger partial charge is 0.480 e. The summed E-state index contributed by atoms with van der Waals surface area (Å²) in [6.45, 7) is 8.11. The maximum Gasteiger partial charge on any atom is 0.480 e. The average molecular weight is 568 g/mol. The molecule has 0 spiro atoms. The second-order valence-electron chi connectivity index (χ2n) is 10.8. The van der Waals surface area contributed by atoms with Crippen LogP contribution in [0.5, 0.6) is 0 Å². The monoisotopic (exact) mass is 568 g/mol. The van der Waals surface area contributed by atoms with E-state index in [1.165, 1.54) is 6.92 Å². The smallest absolute Gasteiger partial charge is 0.437 e. The van der Waals surface area contributed by atoms with Gasteiger partial charge >= 0.3 is 25.5 Å². The van der Waals surface area contributed by atoms with Crippen LogP contribution in [0.15, 0.2) is 21.9 Å². The minimum Gasteiger partial charge on any atom is -0.437 e. The number of aliphatic hydroxyl groups is 1. The van der Waals surface area contributed by atoms with E-state index < -0.39 is 86.1 Å². The molecule has 1 aliphatic heterocycles. The molecule has 2 heterocycles. The number of ether oxygens (including phenoxy) is 3. The number of phosphoric ester groups is 1.